The molecule has 0 saturated carbocycles. The van der Waals surface area contributed by atoms with E-state index in [-0.39, 0.29) is 25.2 Å². The second kappa shape index (κ2) is 74.2. The van der Waals surface area contributed by atoms with E-state index in [1.165, 1.54) is 405 Å². The minimum Gasteiger partial charge on any atom is -0.462 e. The topological polar surface area (TPSA) is 72.8 Å². The van der Waals surface area contributed by atoms with Crippen molar-refractivity contribution < 1.29 is 24.2 Å². The van der Waals surface area contributed by atoms with Crippen molar-refractivity contribution in [2.75, 3.05) is 13.2 Å². The minimum atomic E-state index is -0.766. The van der Waals surface area contributed by atoms with Crippen molar-refractivity contribution in [1.29, 1.82) is 0 Å². The van der Waals surface area contributed by atoms with Crippen molar-refractivity contribution in [2.24, 2.45) is 0 Å². The van der Waals surface area contributed by atoms with Gasteiger partial charge in [-0.3, -0.25) is 9.59 Å². The summed E-state index contributed by atoms with van der Waals surface area (Å²) in [5, 5.41) is 9.72. The molecule has 0 saturated heterocycles. The average Bonchev–Trinajstić information content (AvgIpc) is 3.48. The maximum absolute atomic E-state index is 12.4. The van der Waals surface area contributed by atoms with Gasteiger partial charge in [0.1, 0.15) is 6.61 Å². The predicted octanol–water partition coefficient (Wildman–Crippen LogP) is 26.8. The van der Waals surface area contributed by atoms with Crippen LogP contribution in [0.4, 0.5) is 0 Å². The Labute approximate surface area is 516 Å². The van der Waals surface area contributed by atoms with Gasteiger partial charge < -0.3 is 14.6 Å². The number of hydrogen-bond acceptors (Lipinski definition) is 5. The summed E-state index contributed by atoms with van der Waals surface area (Å²) in [4.78, 5) is 24.7. The molecule has 0 rings (SSSR count). The summed E-state index contributed by atoms with van der Waals surface area (Å²) >= 11 is 0. The van der Waals surface area contributed by atoms with Crippen LogP contribution in [0.5, 0.6) is 0 Å². The van der Waals surface area contributed by atoms with Crippen LogP contribution in [0.3, 0.4) is 0 Å². The lowest BCUT2D eigenvalue weighted by Crippen LogP contribution is -2.28. The molecule has 0 aromatic heterocycles. The maximum Gasteiger partial charge on any atom is 0.306 e. The number of unbranched alkanes of at least 4 members (excludes halogenated alkanes) is 66. The molecule has 0 bridgehead atoms. The summed E-state index contributed by atoms with van der Waals surface area (Å²) in [6.07, 6.45) is 94.8. The zero-order chi connectivity index (χ0) is 59.1. The van der Waals surface area contributed by atoms with Crippen LogP contribution in [0.25, 0.3) is 0 Å². The van der Waals surface area contributed by atoms with E-state index in [0.29, 0.717) is 12.8 Å². The first-order valence-corrected chi connectivity index (χ1v) is 38.6. The first-order valence-electron chi connectivity index (χ1n) is 38.6. The van der Waals surface area contributed by atoms with E-state index in [4.69, 9.17) is 9.47 Å². The minimum absolute atomic E-state index is 0.0552. The van der Waals surface area contributed by atoms with Crippen molar-refractivity contribution in [3.8, 4) is 0 Å². The Kier molecular flexibility index (Phi) is 73.2. The van der Waals surface area contributed by atoms with Crippen LogP contribution in [0, 0.1) is 0 Å². The lowest BCUT2D eigenvalue weighted by Gasteiger charge is -2.15. The quantitative estimate of drug-likeness (QED) is 0.0485. The Bertz CT molecular complexity index is 1170. The van der Waals surface area contributed by atoms with Crippen molar-refractivity contribution in [1.82, 2.24) is 0 Å². The molecule has 0 aromatic rings. The molecule has 0 fully saturated rings. The highest BCUT2D eigenvalue weighted by Crippen LogP contribution is 2.21. The molecule has 0 radical (unpaired) electrons. The number of aliphatic hydroxyl groups is 1. The van der Waals surface area contributed by atoms with Gasteiger partial charge in [0.25, 0.3) is 0 Å². The number of carbonyl (C=O) groups excluding carboxylic acids is 2. The van der Waals surface area contributed by atoms with Crippen LogP contribution in [0.1, 0.15) is 463 Å². The molecule has 82 heavy (non-hydrogen) atoms. The second-order valence-corrected chi connectivity index (χ2v) is 26.8. The largest absolute Gasteiger partial charge is 0.462 e. The monoisotopic (exact) mass is 1160 g/mol. The van der Waals surface area contributed by atoms with Crippen LogP contribution in [-0.4, -0.2) is 36.4 Å². The van der Waals surface area contributed by atoms with Crippen LogP contribution in [-0.2, 0) is 19.1 Å². The van der Waals surface area contributed by atoms with Gasteiger partial charge in [-0.15, -0.1) is 0 Å². The first-order chi connectivity index (χ1) is 40.6. The van der Waals surface area contributed by atoms with E-state index in [1.807, 2.05) is 0 Å². The zero-order valence-electron chi connectivity index (χ0n) is 56.6. The molecule has 0 aliphatic heterocycles. The Hall–Kier alpha value is -1.10. The third kappa shape index (κ3) is 71.4. The van der Waals surface area contributed by atoms with Crippen molar-refractivity contribution in [3.63, 3.8) is 0 Å². The number of aliphatic hydroxyl groups excluding tert-OH is 1. The van der Waals surface area contributed by atoms with Crippen LogP contribution in [0.2, 0.25) is 0 Å². The van der Waals surface area contributed by atoms with Crippen LogP contribution in [0.15, 0.2) is 0 Å². The zero-order valence-corrected chi connectivity index (χ0v) is 56.6. The van der Waals surface area contributed by atoms with Gasteiger partial charge in [0.15, 0.2) is 6.10 Å². The fourth-order valence-corrected chi connectivity index (χ4v) is 12.6. The molecule has 490 valence electrons. The fraction of sp³-hybridized carbons (Fsp3) is 0.974. The number of ether oxygens (including phenoxy) is 2. The highest BCUT2D eigenvalue weighted by molar-refractivity contribution is 5.70. The van der Waals surface area contributed by atoms with E-state index >= 15 is 0 Å². The number of hydrogen-bond donors (Lipinski definition) is 1. The lowest BCUT2D eigenvalue weighted by molar-refractivity contribution is -0.161. The molecule has 0 aliphatic carbocycles. The summed E-state index contributed by atoms with van der Waals surface area (Å²) in [5.41, 5.74) is 0. The molecular formula is C77H152O5. The van der Waals surface area contributed by atoms with Gasteiger partial charge in [-0.2, -0.15) is 0 Å². The molecule has 1 unspecified atom stereocenters. The van der Waals surface area contributed by atoms with Gasteiger partial charge >= 0.3 is 11.9 Å². The van der Waals surface area contributed by atoms with Gasteiger partial charge in [0.05, 0.1) is 6.61 Å². The van der Waals surface area contributed by atoms with Gasteiger partial charge in [-0.05, 0) is 12.8 Å². The average molecular weight is 1160 g/mol. The summed E-state index contributed by atoms with van der Waals surface area (Å²) in [6.45, 7) is 4.23. The van der Waals surface area contributed by atoms with Crippen LogP contribution >= 0.6 is 0 Å². The normalized spacial score (nSPS) is 12.0. The molecule has 0 aliphatic rings. The number of esters is 2. The van der Waals surface area contributed by atoms with Gasteiger partial charge in [0.2, 0.25) is 0 Å². The van der Waals surface area contributed by atoms with E-state index in [9.17, 15) is 14.7 Å². The summed E-state index contributed by atoms with van der Waals surface area (Å²) in [6, 6.07) is 0. The number of carbonyl (C=O) groups is 2. The molecule has 0 spiro atoms. The summed E-state index contributed by atoms with van der Waals surface area (Å²) < 4.78 is 10.8. The highest BCUT2D eigenvalue weighted by Gasteiger charge is 2.16. The summed E-state index contributed by atoms with van der Waals surface area (Å²) in [5.74, 6) is -0.556. The van der Waals surface area contributed by atoms with E-state index in [0.717, 1.165) is 32.1 Å². The Morgan fingerprint density at radius 2 is 0.378 bits per heavy atom. The van der Waals surface area contributed by atoms with E-state index in [1.54, 1.807) is 0 Å². The Balaban J connectivity index is 3.33. The van der Waals surface area contributed by atoms with Crippen molar-refractivity contribution in [3.05, 3.63) is 0 Å². The maximum atomic E-state index is 12.4. The summed E-state index contributed by atoms with van der Waals surface area (Å²) in [7, 11) is 0. The second-order valence-electron chi connectivity index (χ2n) is 26.8. The van der Waals surface area contributed by atoms with Gasteiger partial charge in [-0.1, -0.05) is 438 Å². The van der Waals surface area contributed by atoms with E-state index in [2.05, 4.69) is 13.8 Å². The fourth-order valence-electron chi connectivity index (χ4n) is 12.6. The first kappa shape index (κ1) is 80.9. The van der Waals surface area contributed by atoms with Gasteiger partial charge in [0, 0.05) is 12.8 Å². The third-order valence-electron chi connectivity index (χ3n) is 18.4. The van der Waals surface area contributed by atoms with Crippen LogP contribution < -0.4 is 0 Å². The number of rotatable bonds is 74. The van der Waals surface area contributed by atoms with Crippen molar-refractivity contribution >= 4 is 11.9 Å². The predicted molar refractivity (Wildman–Crippen MR) is 362 cm³/mol. The molecule has 0 amide bonds. The molecular weight excluding hydrogens is 1000 g/mol. The third-order valence-corrected chi connectivity index (χ3v) is 18.4. The van der Waals surface area contributed by atoms with Gasteiger partial charge in [-0.25, -0.2) is 0 Å². The standard InChI is InChI=1S/C77H152O5/c1-3-5-7-9-11-13-15-17-19-21-23-25-27-29-31-33-35-36-37-38-39-40-41-42-44-46-48-50-52-54-56-58-60-62-64-66-68-70-72-77(80)82-75(73-78)74-81-76(79)71-69-67-65-63-61-59-57-55-53-51-49-47-45-43-34-32-30-28-26-24-22-20-18-16-14-12-10-8-6-4-2/h75,78H,3-74H2,1-2H3. The SMILES string of the molecule is CCCCCCCCCCCCCCCCCCCCCCCCCCCCCCCCCCCCCCCCC(=O)OC(CO)COC(=O)CCCCCCCCCCCCCCCCCCCCCCCCCCCCCCCC. The molecule has 5 heteroatoms. The van der Waals surface area contributed by atoms with Crippen molar-refractivity contribution in [2.45, 2.75) is 469 Å². The smallest absolute Gasteiger partial charge is 0.306 e. The molecule has 0 heterocycles. The molecule has 1 N–H and O–H groups in total. The lowest BCUT2D eigenvalue weighted by atomic mass is 10.0. The van der Waals surface area contributed by atoms with E-state index < -0.39 is 6.10 Å². The molecule has 1 atom stereocenters. The Morgan fingerprint density at radius 3 is 0.537 bits per heavy atom. The molecule has 5 nitrogen and oxygen atoms in total. The molecule has 0 aromatic carbocycles. The highest BCUT2D eigenvalue weighted by atomic mass is 16.6. The Morgan fingerprint density at radius 1 is 0.232 bits per heavy atom.